The topological polar surface area (TPSA) is 37.0 Å². The zero-order valence-electron chi connectivity index (χ0n) is 12.2. The fourth-order valence-electron chi connectivity index (χ4n) is 2.08. The first kappa shape index (κ1) is 15.9. The van der Waals surface area contributed by atoms with E-state index in [1.807, 2.05) is 6.07 Å². The maximum Gasteiger partial charge on any atom is 0.147 e. The molecule has 5 heteroatoms. The lowest BCUT2D eigenvalue weighted by Gasteiger charge is -2.17. The summed E-state index contributed by atoms with van der Waals surface area (Å²) in [5.74, 6) is 1.28. The molecule has 0 aliphatic rings. The van der Waals surface area contributed by atoms with Gasteiger partial charge in [-0.05, 0) is 31.4 Å². The summed E-state index contributed by atoms with van der Waals surface area (Å²) in [7, 11) is 1.78. The van der Waals surface area contributed by atoms with Crippen LogP contribution in [0.5, 0.6) is 0 Å². The molecule has 2 N–H and O–H groups in total. The minimum absolute atomic E-state index is 0.265. The van der Waals surface area contributed by atoms with Crippen molar-refractivity contribution in [3.8, 4) is 0 Å². The highest BCUT2D eigenvalue weighted by atomic mass is 35.5. The number of hydrogen-bond donors (Lipinski definition) is 2. The second kappa shape index (κ2) is 7.53. The Morgan fingerprint density at radius 1 is 1.10 bits per heavy atom. The van der Waals surface area contributed by atoms with Crippen LogP contribution in [-0.4, -0.2) is 18.1 Å². The lowest BCUT2D eigenvalue weighted by atomic mass is 10.1. The molecule has 1 aromatic carbocycles. The smallest absolute Gasteiger partial charge is 0.147 e. The Morgan fingerprint density at radius 3 is 2.43 bits per heavy atom. The predicted molar refractivity (Wildman–Crippen MR) is 91.7 cm³/mol. The lowest BCUT2D eigenvalue weighted by molar-refractivity contribution is 0.703. The van der Waals surface area contributed by atoms with E-state index < -0.39 is 0 Å². The monoisotopic (exact) mass is 323 g/mol. The summed E-state index contributed by atoms with van der Waals surface area (Å²) in [6.45, 7) is 2.12. The molecule has 1 heterocycles. The molecule has 21 heavy (non-hydrogen) atoms. The van der Waals surface area contributed by atoms with Crippen molar-refractivity contribution in [1.82, 2.24) is 4.98 Å². The van der Waals surface area contributed by atoms with Crippen molar-refractivity contribution in [3.63, 3.8) is 0 Å². The highest BCUT2D eigenvalue weighted by Gasteiger charge is 2.11. The van der Waals surface area contributed by atoms with Crippen LogP contribution in [0, 0.1) is 0 Å². The second-order valence-electron chi connectivity index (χ2n) is 4.97. The van der Waals surface area contributed by atoms with Gasteiger partial charge in [-0.1, -0.05) is 53.5 Å². The molecule has 2 aromatic rings. The molecule has 0 bridgehead atoms. The third-order valence-corrected chi connectivity index (χ3v) is 3.83. The first-order chi connectivity index (χ1) is 10.1. The molecule has 112 valence electrons. The zero-order chi connectivity index (χ0) is 15.2. The second-order valence-corrected chi connectivity index (χ2v) is 5.78. The molecule has 2 rings (SSSR count). The van der Waals surface area contributed by atoms with E-state index in [2.05, 4.69) is 46.8 Å². The molecule has 0 aliphatic carbocycles. The molecule has 3 nitrogen and oxygen atoms in total. The van der Waals surface area contributed by atoms with Crippen molar-refractivity contribution in [1.29, 1.82) is 0 Å². The number of anilines is 2. The molecule has 0 saturated carbocycles. The van der Waals surface area contributed by atoms with E-state index in [4.69, 9.17) is 23.2 Å². The Hall–Kier alpha value is -1.45. The molecule has 1 atom stereocenters. The van der Waals surface area contributed by atoms with Gasteiger partial charge in [0.05, 0.1) is 10.0 Å². The largest absolute Gasteiger partial charge is 0.372 e. The van der Waals surface area contributed by atoms with Crippen molar-refractivity contribution in [2.24, 2.45) is 0 Å². The number of aryl methyl sites for hydroxylation is 1. The van der Waals surface area contributed by atoms with Crippen molar-refractivity contribution < 1.29 is 0 Å². The third kappa shape index (κ3) is 4.51. The number of hydrogen-bond acceptors (Lipinski definition) is 3. The zero-order valence-corrected chi connectivity index (χ0v) is 13.7. The van der Waals surface area contributed by atoms with Crippen molar-refractivity contribution in [3.05, 3.63) is 52.0 Å². The normalized spacial score (nSPS) is 12.0. The van der Waals surface area contributed by atoms with Gasteiger partial charge in [0.1, 0.15) is 11.6 Å². The molecule has 0 aliphatic heterocycles. The fraction of sp³-hybridized carbons (Fsp3) is 0.312. The Bertz CT molecular complexity index is 588. The number of aromatic nitrogens is 1. The van der Waals surface area contributed by atoms with E-state index >= 15 is 0 Å². The SMILES string of the molecule is CNc1nc(NC(C)CCc2ccccc2)c(Cl)cc1Cl. The summed E-state index contributed by atoms with van der Waals surface area (Å²) in [6, 6.07) is 12.4. The lowest BCUT2D eigenvalue weighted by Crippen LogP contribution is -2.17. The van der Waals surface area contributed by atoms with Crippen LogP contribution in [0.1, 0.15) is 18.9 Å². The summed E-state index contributed by atoms with van der Waals surface area (Å²) in [6.07, 6.45) is 2.01. The first-order valence-corrected chi connectivity index (χ1v) is 7.70. The number of nitrogens with zero attached hydrogens (tertiary/aromatic N) is 1. The molecule has 0 spiro atoms. The Kier molecular flexibility index (Phi) is 5.71. The van der Waals surface area contributed by atoms with E-state index in [9.17, 15) is 0 Å². The van der Waals surface area contributed by atoms with Crippen LogP contribution in [0.15, 0.2) is 36.4 Å². The minimum Gasteiger partial charge on any atom is -0.372 e. The quantitative estimate of drug-likeness (QED) is 0.796. The third-order valence-electron chi connectivity index (χ3n) is 3.26. The average Bonchev–Trinajstić information content (AvgIpc) is 2.49. The number of rotatable bonds is 6. The van der Waals surface area contributed by atoms with Crippen molar-refractivity contribution in [2.75, 3.05) is 17.7 Å². The summed E-state index contributed by atoms with van der Waals surface area (Å²) < 4.78 is 0. The first-order valence-electron chi connectivity index (χ1n) is 6.94. The van der Waals surface area contributed by atoms with Crippen LogP contribution >= 0.6 is 23.2 Å². The number of benzene rings is 1. The minimum atomic E-state index is 0.265. The van der Waals surface area contributed by atoms with Gasteiger partial charge in [0.2, 0.25) is 0 Å². The average molecular weight is 324 g/mol. The highest BCUT2D eigenvalue weighted by Crippen LogP contribution is 2.29. The molecular formula is C16H19Cl2N3. The van der Waals surface area contributed by atoms with Crippen LogP contribution in [0.2, 0.25) is 10.0 Å². The molecular weight excluding hydrogens is 305 g/mol. The van der Waals surface area contributed by atoms with E-state index in [1.54, 1.807) is 13.1 Å². The van der Waals surface area contributed by atoms with Gasteiger partial charge >= 0.3 is 0 Å². The summed E-state index contributed by atoms with van der Waals surface area (Å²) in [5.41, 5.74) is 1.33. The summed E-state index contributed by atoms with van der Waals surface area (Å²) >= 11 is 12.2. The molecule has 1 aromatic heterocycles. The van der Waals surface area contributed by atoms with Crippen LogP contribution in [0.25, 0.3) is 0 Å². The Balaban J connectivity index is 1.97. The Labute approximate surface area is 135 Å². The van der Waals surface area contributed by atoms with E-state index in [-0.39, 0.29) is 6.04 Å². The van der Waals surface area contributed by atoms with Crippen molar-refractivity contribution >= 4 is 34.8 Å². The van der Waals surface area contributed by atoms with Crippen LogP contribution in [0.3, 0.4) is 0 Å². The summed E-state index contributed by atoms with van der Waals surface area (Å²) in [5, 5.41) is 7.34. The highest BCUT2D eigenvalue weighted by molar-refractivity contribution is 6.37. The maximum absolute atomic E-state index is 6.18. The molecule has 1 unspecified atom stereocenters. The molecule has 0 radical (unpaired) electrons. The fourth-order valence-corrected chi connectivity index (χ4v) is 2.58. The van der Waals surface area contributed by atoms with Gasteiger partial charge in [-0.25, -0.2) is 4.98 Å². The maximum atomic E-state index is 6.18. The van der Waals surface area contributed by atoms with Gasteiger partial charge in [0, 0.05) is 13.1 Å². The number of nitrogens with one attached hydrogen (secondary N) is 2. The van der Waals surface area contributed by atoms with Gasteiger partial charge < -0.3 is 10.6 Å². The van der Waals surface area contributed by atoms with Crippen LogP contribution in [-0.2, 0) is 6.42 Å². The number of pyridine rings is 1. The van der Waals surface area contributed by atoms with E-state index in [1.165, 1.54) is 5.56 Å². The standard InChI is InChI=1S/C16H19Cl2N3/c1-11(8-9-12-6-4-3-5-7-12)20-16-14(18)10-13(17)15(19-2)21-16/h3-7,10-11H,8-9H2,1-2H3,(H2,19,20,21). The van der Waals surface area contributed by atoms with Gasteiger partial charge in [-0.2, -0.15) is 0 Å². The molecule has 0 saturated heterocycles. The van der Waals surface area contributed by atoms with Gasteiger partial charge in [0.25, 0.3) is 0 Å². The van der Waals surface area contributed by atoms with Crippen molar-refractivity contribution in [2.45, 2.75) is 25.8 Å². The van der Waals surface area contributed by atoms with Crippen LogP contribution < -0.4 is 10.6 Å². The van der Waals surface area contributed by atoms with Gasteiger partial charge in [-0.15, -0.1) is 0 Å². The Morgan fingerprint density at radius 2 is 1.76 bits per heavy atom. The summed E-state index contributed by atoms with van der Waals surface area (Å²) in [4.78, 5) is 4.40. The van der Waals surface area contributed by atoms with Gasteiger partial charge in [-0.3, -0.25) is 0 Å². The van der Waals surface area contributed by atoms with E-state index in [0.29, 0.717) is 21.7 Å². The van der Waals surface area contributed by atoms with Gasteiger partial charge in [0.15, 0.2) is 0 Å². The van der Waals surface area contributed by atoms with E-state index in [0.717, 1.165) is 12.8 Å². The number of halogens is 2. The predicted octanol–water partition coefficient (Wildman–Crippen LogP) is 4.86. The van der Waals surface area contributed by atoms with Crippen LogP contribution in [0.4, 0.5) is 11.6 Å². The molecule has 0 amide bonds. The molecule has 0 fully saturated rings.